The molecule has 0 unspecified atom stereocenters. The van der Waals surface area contributed by atoms with Crippen LogP contribution in [-0.2, 0) is 21.1 Å². The van der Waals surface area contributed by atoms with Crippen LogP contribution in [0, 0.1) is 0 Å². The maximum atomic E-state index is 4.07. The van der Waals surface area contributed by atoms with Gasteiger partial charge in [0.1, 0.15) is 6.33 Å². The second-order valence-electron chi connectivity index (χ2n) is 2.08. The van der Waals surface area contributed by atoms with Crippen molar-refractivity contribution < 1.29 is 21.1 Å². The Morgan fingerprint density at radius 3 is 2.73 bits per heavy atom. The molecule has 0 radical (unpaired) electrons. The van der Waals surface area contributed by atoms with Gasteiger partial charge < -0.3 is 0 Å². The molecular formula is C8H6N2Pt. The largest absolute Gasteiger partial charge is 0.244 e. The van der Waals surface area contributed by atoms with E-state index < -0.39 is 0 Å². The number of benzene rings is 1. The Morgan fingerprint density at radius 1 is 1.09 bits per heavy atom. The fourth-order valence-electron chi connectivity index (χ4n) is 0.923. The van der Waals surface area contributed by atoms with Crippen LogP contribution in [0.3, 0.4) is 0 Å². The zero-order valence-corrected chi connectivity index (χ0v) is 7.95. The van der Waals surface area contributed by atoms with Crippen LogP contribution in [0.25, 0.3) is 10.9 Å². The third-order valence-electron chi connectivity index (χ3n) is 1.41. The predicted molar refractivity (Wildman–Crippen MR) is 39.5 cm³/mol. The summed E-state index contributed by atoms with van der Waals surface area (Å²) in [7, 11) is 0. The molecule has 0 N–H and O–H groups in total. The second-order valence-corrected chi connectivity index (χ2v) is 2.08. The first-order valence-corrected chi connectivity index (χ1v) is 3.11. The fourth-order valence-corrected chi connectivity index (χ4v) is 0.923. The SMILES string of the molecule is [Pt].c1ccc2ncncc2c1. The number of hydrogen-bond donors (Lipinski definition) is 0. The van der Waals surface area contributed by atoms with Crippen LogP contribution in [0.15, 0.2) is 36.8 Å². The molecule has 1 aromatic carbocycles. The average Bonchev–Trinajstić information content (AvgIpc) is 2.05. The Labute approximate surface area is 78.9 Å². The Hall–Kier alpha value is -0.752. The summed E-state index contributed by atoms with van der Waals surface area (Å²) in [5.41, 5.74) is 0.998. The zero-order chi connectivity index (χ0) is 6.81. The topological polar surface area (TPSA) is 25.8 Å². The summed E-state index contributed by atoms with van der Waals surface area (Å²) in [6, 6.07) is 7.91. The molecule has 0 atom stereocenters. The molecule has 1 aromatic heterocycles. The Morgan fingerprint density at radius 2 is 1.91 bits per heavy atom. The van der Waals surface area contributed by atoms with E-state index in [1.54, 1.807) is 6.33 Å². The Bertz CT molecular complexity index is 283. The number of hydrogen-bond acceptors (Lipinski definition) is 2. The van der Waals surface area contributed by atoms with Crippen molar-refractivity contribution in [3.8, 4) is 0 Å². The minimum atomic E-state index is 0. The summed E-state index contributed by atoms with van der Waals surface area (Å²) in [4.78, 5) is 7.97. The van der Waals surface area contributed by atoms with Gasteiger partial charge in [-0.25, -0.2) is 9.97 Å². The van der Waals surface area contributed by atoms with E-state index in [1.165, 1.54) is 0 Å². The number of fused-ring (bicyclic) bond motifs is 1. The van der Waals surface area contributed by atoms with Crippen molar-refractivity contribution in [2.75, 3.05) is 0 Å². The number of para-hydroxylation sites is 1. The van der Waals surface area contributed by atoms with E-state index in [4.69, 9.17) is 0 Å². The summed E-state index contributed by atoms with van der Waals surface area (Å²) in [5.74, 6) is 0. The van der Waals surface area contributed by atoms with E-state index >= 15 is 0 Å². The number of aromatic nitrogens is 2. The molecule has 1 heterocycles. The smallest absolute Gasteiger partial charge is 0.116 e. The van der Waals surface area contributed by atoms with Gasteiger partial charge in [-0.1, -0.05) is 18.2 Å². The second kappa shape index (κ2) is 3.58. The molecule has 0 saturated carbocycles. The molecule has 0 amide bonds. The van der Waals surface area contributed by atoms with Gasteiger partial charge in [-0.3, -0.25) is 0 Å². The molecule has 0 aliphatic carbocycles. The zero-order valence-electron chi connectivity index (χ0n) is 5.67. The summed E-state index contributed by atoms with van der Waals surface area (Å²) in [5, 5.41) is 1.09. The molecule has 0 spiro atoms. The Balaban J connectivity index is 0.000000605. The predicted octanol–water partition coefficient (Wildman–Crippen LogP) is 1.63. The average molecular weight is 325 g/mol. The van der Waals surface area contributed by atoms with Crippen molar-refractivity contribution >= 4 is 10.9 Å². The number of rotatable bonds is 0. The minimum absolute atomic E-state index is 0. The van der Waals surface area contributed by atoms with Gasteiger partial charge in [-0.05, 0) is 6.07 Å². The molecule has 2 aromatic rings. The van der Waals surface area contributed by atoms with E-state index in [-0.39, 0.29) is 21.1 Å². The summed E-state index contributed by atoms with van der Waals surface area (Å²) in [6.07, 6.45) is 3.37. The first kappa shape index (κ1) is 8.35. The van der Waals surface area contributed by atoms with Crippen molar-refractivity contribution in [2.45, 2.75) is 0 Å². The first-order valence-electron chi connectivity index (χ1n) is 3.11. The fraction of sp³-hybridized carbons (Fsp3) is 0. The molecular weight excluding hydrogens is 319 g/mol. The third kappa shape index (κ3) is 1.63. The van der Waals surface area contributed by atoms with Crippen LogP contribution in [-0.4, -0.2) is 9.97 Å². The van der Waals surface area contributed by atoms with Gasteiger partial charge in [0, 0.05) is 32.6 Å². The quantitative estimate of drug-likeness (QED) is 0.736. The first-order chi connectivity index (χ1) is 4.97. The molecule has 0 aliphatic heterocycles. The molecule has 58 valence electrons. The van der Waals surface area contributed by atoms with E-state index in [1.807, 2.05) is 30.5 Å². The molecule has 0 bridgehead atoms. The van der Waals surface area contributed by atoms with E-state index in [0.717, 1.165) is 10.9 Å². The maximum Gasteiger partial charge on any atom is 0.116 e. The van der Waals surface area contributed by atoms with E-state index in [2.05, 4.69) is 9.97 Å². The van der Waals surface area contributed by atoms with Gasteiger partial charge in [0.25, 0.3) is 0 Å². The van der Waals surface area contributed by atoms with E-state index in [9.17, 15) is 0 Å². The van der Waals surface area contributed by atoms with Gasteiger partial charge >= 0.3 is 0 Å². The van der Waals surface area contributed by atoms with Gasteiger partial charge in [0.05, 0.1) is 5.52 Å². The summed E-state index contributed by atoms with van der Waals surface area (Å²) < 4.78 is 0. The maximum absolute atomic E-state index is 4.07. The monoisotopic (exact) mass is 325 g/mol. The van der Waals surface area contributed by atoms with E-state index in [0.29, 0.717) is 0 Å². The van der Waals surface area contributed by atoms with Crippen LogP contribution in [0.4, 0.5) is 0 Å². The van der Waals surface area contributed by atoms with Crippen LogP contribution < -0.4 is 0 Å². The molecule has 0 fully saturated rings. The van der Waals surface area contributed by atoms with Crippen molar-refractivity contribution in [3.05, 3.63) is 36.8 Å². The van der Waals surface area contributed by atoms with Crippen molar-refractivity contribution in [2.24, 2.45) is 0 Å². The third-order valence-corrected chi connectivity index (χ3v) is 1.41. The molecule has 11 heavy (non-hydrogen) atoms. The van der Waals surface area contributed by atoms with Gasteiger partial charge in [0.2, 0.25) is 0 Å². The standard InChI is InChI=1S/C8H6N2.Pt/c1-2-4-8-7(3-1)5-9-6-10-8;/h1-6H;. The van der Waals surface area contributed by atoms with Crippen LogP contribution in [0.5, 0.6) is 0 Å². The van der Waals surface area contributed by atoms with Gasteiger partial charge in [-0.15, -0.1) is 0 Å². The van der Waals surface area contributed by atoms with Crippen molar-refractivity contribution in [1.82, 2.24) is 9.97 Å². The van der Waals surface area contributed by atoms with Gasteiger partial charge in [0.15, 0.2) is 0 Å². The molecule has 0 aliphatic rings. The Kier molecular flexibility index (Phi) is 2.72. The molecule has 2 nitrogen and oxygen atoms in total. The molecule has 3 heteroatoms. The van der Waals surface area contributed by atoms with Crippen molar-refractivity contribution in [3.63, 3.8) is 0 Å². The molecule has 2 rings (SSSR count). The summed E-state index contributed by atoms with van der Waals surface area (Å²) in [6.45, 7) is 0. The van der Waals surface area contributed by atoms with Crippen LogP contribution >= 0.6 is 0 Å². The van der Waals surface area contributed by atoms with Gasteiger partial charge in [-0.2, -0.15) is 0 Å². The summed E-state index contributed by atoms with van der Waals surface area (Å²) >= 11 is 0. The molecule has 0 saturated heterocycles. The number of nitrogens with zero attached hydrogens (tertiary/aromatic N) is 2. The minimum Gasteiger partial charge on any atom is -0.244 e. The van der Waals surface area contributed by atoms with Crippen molar-refractivity contribution in [1.29, 1.82) is 0 Å². The van der Waals surface area contributed by atoms with Crippen LogP contribution in [0.1, 0.15) is 0 Å². The normalized spacial score (nSPS) is 9.09. The van der Waals surface area contributed by atoms with Crippen LogP contribution in [0.2, 0.25) is 0 Å².